The first-order chi connectivity index (χ1) is 49.8. The molecule has 8 aromatic rings. The van der Waals surface area contributed by atoms with Gasteiger partial charge in [-0.2, -0.15) is 0 Å². The number of carbonyl (C=O) groups excluding carboxylic acids is 5. The van der Waals surface area contributed by atoms with Crippen LogP contribution in [-0.2, 0) is 38.6 Å². The first-order valence-electron chi connectivity index (χ1n) is 35.3. The Hall–Kier alpha value is -10.0. The van der Waals surface area contributed by atoms with Crippen LogP contribution in [0.1, 0.15) is 116 Å². The first-order valence-corrected chi connectivity index (χ1v) is 36.1. The lowest BCUT2D eigenvalue weighted by molar-refractivity contribution is -0.274. The molecule has 3 saturated heterocycles. The zero-order valence-electron chi connectivity index (χ0n) is 58.3. The third kappa shape index (κ3) is 16.6. The summed E-state index contributed by atoms with van der Waals surface area (Å²) in [5.41, 5.74) is 14.6. The number of benzene rings is 4. The molecule has 4 aromatic heterocycles. The number of β-amino-alcohol motifs (C(OH)–C–C–N with tert-alkyl or cyclic N) is 1. The summed E-state index contributed by atoms with van der Waals surface area (Å²) in [5, 5.41) is 31.6. The number of ether oxygens (including phenoxy) is 1. The van der Waals surface area contributed by atoms with Gasteiger partial charge in [0.1, 0.15) is 47.7 Å². The minimum atomic E-state index is -4.82. The van der Waals surface area contributed by atoms with Crippen LogP contribution in [0.3, 0.4) is 0 Å². The fourth-order valence-electron chi connectivity index (χ4n) is 14.5. The Bertz CT molecular complexity index is 4540. The van der Waals surface area contributed by atoms with E-state index in [4.69, 9.17) is 10.7 Å². The summed E-state index contributed by atoms with van der Waals surface area (Å²) >= 11 is 1.52. The second-order valence-electron chi connectivity index (χ2n) is 28.6. The fourth-order valence-corrected chi connectivity index (χ4v) is 15.3. The molecule has 0 radical (unpaired) electrons. The van der Waals surface area contributed by atoms with E-state index in [0.29, 0.717) is 79.1 Å². The molecule has 0 spiro atoms. The molecule has 22 nitrogen and oxygen atoms in total. The van der Waals surface area contributed by atoms with Gasteiger partial charge in [-0.3, -0.25) is 28.9 Å². The number of aliphatic hydroxyl groups excluding tert-OH is 2. The number of piperidine rings is 1. The van der Waals surface area contributed by atoms with Crippen molar-refractivity contribution in [3.63, 3.8) is 0 Å². The molecule has 8 heterocycles. The van der Waals surface area contributed by atoms with Crippen LogP contribution < -0.4 is 36.2 Å². The van der Waals surface area contributed by atoms with Crippen molar-refractivity contribution in [2.45, 2.75) is 141 Å². The van der Waals surface area contributed by atoms with Gasteiger partial charge in [-0.25, -0.2) is 24.3 Å². The van der Waals surface area contributed by atoms with E-state index in [-0.39, 0.29) is 62.3 Å². The molecule has 1 saturated carbocycles. The normalized spacial score (nSPS) is 18.5. The average molecular weight is 1440 g/mol. The van der Waals surface area contributed by atoms with Gasteiger partial charge in [0.25, 0.3) is 11.8 Å². The number of aliphatic hydroxyl groups is 2. The highest BCUT2D eigenvalue weighted by Gasteiger charge is 2.54. The summed E-state index contributed by atoms with van der Waals surface area (Å²) in [4.78, 5) is 98.1. The number of nitrogens with one attached hydrogen (secondary N) is 3. The molecule has 104 heavy (non-hydrogen) atoms. The van der Waals surface area contributed by atoms with Gasteiger partial charge in [0.2, 0.25) is 17.7 Å². The molecule has 544 valence electrons. The smallest absolute Gasteiger partial charge is 0.406 e. The minimum Gasteiger partial charge on any atom is -0.406 e. The molecule has 4 aliphatic heterocycles. The average Bonchev–Trinajstić information content (AvgIpc) is 1.61. The molecule has 4 aromatic carbocycles. The minimum absolute atomic E-state index is 0.0427. The predicted octanol–water partition coefficient (Wildman–Crippen LogP) is 8.90. The molecular weight excluding hydrogens is 1360 g/mol. The Kier molecular flexibility index (Phi) is 21.1. The van der Waals surface area contributed by atoms with Gasteiger partial charge in [-0.05, 0) is 139 Å². The molecule has 5 aliphatic rings. The van der Waals surface area contributed by atoms with Crippen molar-refractivity contribution in [2.24, 2.45) is 5.41 Å². The number of halogens is 4. The van der Waals surface area contributed by atoms with Crippen LogP contribution in [0.5, 0.6) is 5.75 Å². The van der Waals surface area contributed by atoms with Crippen LogP contribution in [0.15, 0.2) is 127 Å². The predicted molar refractivity (Wildman–Crippen MR) is 387 cm³/mol. The SMILES string of the molecule is Cc1ncsc1-c1ccc([C@H](CC(=O)N2CCC(N3CCN(c4ccc(C#Cc5ccc(C(=O)NCCCn6cc(-c7ccc8c(c7)CCN8C(O)Cc7cccc(OC(F)(F)F)c7)c7c(N)ncnc76)cc5)cn4)CC3)CC2)NC(=O)[C@@H]2C[C@@H](O)CN2C(=O)[C@@H](NC(=O)C2(F)CC2)C(C)(C)C)cc1. The Morgan fingerprint density at radius 3 is 2.26 bits per heavy atom. The topological polar surface area (TPSA) is 270 Å². The van der Waals surface area contributed by atoms with E-state index in [1.54, 1.807) is 50.7 Å². The number of anilines is 3. The van der Waals surface area contributed by atoms with E-state index in [1.807, 2.05) is 94.2 Å². The second-order valence-corrected chi connectivity index (χ2v) is 29.5. The number of carbonyl (C=O) groups is 5. The van der Waals surface area contributed by atoms with Gasteiger partial charge in [-0.15, -0.1) is 24.5 Å². The summed E-state index contributed by atoms with van der Waals surface area (Å²) in [6, 6.07) is 27.5. The molecule has 4 fully saturated rings. The highest BCUT2D eigenvalue weighted by Crippen LogP contribution is 2.42. The van der Waals surface area contributed by atoms with Crippen LogP contribution in [0.4, 0.5) is 34.9 Å². The van der Waals surface area contributed by atoms with Crippen LogP contribution >= 0.6 is 11.3 Å². The third-order valence-corrected chi connectivity index (χ3v) is 21.3. The lowest BCUT2D eigenvalue weighted by Crippen LogP contribution is -2.59. The highest BCUT2D eigenvalue weighted by atomic mass is 32.1. The molecule has 0 bridgehead atoms. The summed E-state index contributed by atoms with van der Waals surface area (Å²) in [5.74, 6) is 4.88. The summed E-state index contributed by atoms with van der Waals surface area (Å²) in [6.45, 7) is 12.7. The van der Waals surface area contributed by atoms with Crippen molar-refractivity contribution in [1.29, 1.82) is 0 Å². The zero-order chi connectivity index (χ0) is 73.2. The van der Waals surface area contributed by atoms with Crippen LogP contribution in [-0.4, -0.2) is 180 Å². The maximum atomic E-state index is 14.9. The number of alkyl halides is 4. The number of nitrogen functional groups attached to an aromatic ring is 1. The number of hydrogen-bond acceptors (Lipinski definition) is 17. The molecule has 5 atom stereocenters. The largest absolute Gasteiger partial charge is 0.573 e. The van der Waals surface area contributed by atoms with E-state index in [0.717, 1.165) is 94.5 Å². The number of nitrogens with zero attached hydrogens (tertiary/aromatic N) is 10. The van der Waals surface area contributed by atoms with Crippen molar-refractivity contribution in [2.75, 3.05) is 74.4 Å². The number of amides is 5. The molecular formula is C77H84F4N14O8S. The van der Waals surface area contributed by atoms with E-state index >= 15 is 0 Å². The van der Waals surface area contributed by atoms with E-state index in [9.17, 15) is 51.7 Å². The van der Waals surface area contributed by atoms with Crippen LogP contribution in [0.25, 0.3) is 32.6 Å². The maximum Gasteiger partial charge on any atom is 0.573 e. The summed E-state index contributed by atoms with van der Waals surface area (Å²) < 4.78 is 59.6. The van der Waals surface area contributed by atoms with Crippen molar-refractivity contribution < 1.29 is 56.5 Å². The third-order valence-electron chi connectivity index (χ3n) is 20.4. The quantitative estimate of drug-likeness (QED) is 0.0223. The Morgan fingerprint density at radius 2 is 1.57 bits per heavy atom. The monoisotopic (exact) mass is 1440 g/mol. The standard InChI is InChI=1S/C77H84F4N14O8S/c1-47-67(104-46-87-47)52-18-16-51(17-19-52)60(88-72(100)62-40-57(96)43-95(62)73(101)68(75(2,3)4)89-74(102)76(78)26-27-76)41-64(97)92-30-24-56(25-31-92)90-33-35-91(36-34-90)63-22-13-49(42-84-63)10-9-48-11-14-53(15-12-48)71(99)83-28-6-29-93-44-59(66-69(82)85-45-86-70(66)93)54-20-21-61-55(39-54)23-32-94(61)65(98)38-50-7-5-8-58(37-50)103-77(79,80)81/h5,7-8,11-22,37,39,42,44-46,56-57,60,62,65,68,96,98H,6,23-36,38,40-41,43H2,1-4H3,(H,83,99)(H,88,100)(H,89,102)(H2,82,85,86)/t57-,60+,62+,65?,68-/m1/s1. The summed E-state index contributed by atoms with van der Waals surface area (Å²) in [7, 11) is 0. The number of fused-ring (bicyclic) bond motifs is 2. The van der Waals surface area contributed by atoms with Gasteiger partial charge < -0.3 is 60.8 Å². The van der Waals surface area contributed by atoms with Crippen molar-refractivity contribution in [3.8, 4) is 39.2 Å². The van der Waals surface area contributed by atoms with Gasteiger partial charge >= 0.3 is 6.36 Å². The first kappa shape index (κ1) is 72.3. The highest BCUT2D eigenvalue weighted by molar-refractivity contribution is 7.13. The lowest BCUT2D eigenvalue weighted by atomic mass is 9.85. The van der Waals surface area contributed by atoms with Crippen molar-refractivity contribution in [1.82, 2.24) is 55.2 Å². The van der Waals surface area contributed by atoms with Gasteiger partial charge in [0.05, 0.1) is 40.0 Å². The van der Waals surface area contributed by atoms with E-state index in [2.05, 4.69) is 57.3 Å². The zero-order valence-corrected chi connectivity index (χ0v) is 59.2. The number of nitrogens with two attached hydrogens (primary N) is 1. The van der Waals surface area contributed by atoms with Crippen molar-refractivity contribution in [3.05, 3.63) is 166 Å². The molecule has 1 unspecified atom stereocenters. The number of hydrogen-bond donors (Lipinski definition) is 6. The van der Waals surface area contributed by atoms with Crippen LogP contribution in [0, 0.1) is 24.2 Å². The maximum absolute atomic E-state index is 14.9. The molecule has 1 aliphatic carbocycles. The number of piperazine rings is 1. The molecule has 5 amide bonds. The number of thiazole rings is 1. The molecule has 27 heteroatoms. The Labute approximate surface area is 604 Å². The van der Waals surface area contributed by atoms with Gasteiger partial charge in [-0.1, -0.05) is 75.1 Å². The van der Waals surface area contributed by atoms with Gasteiger partial charge in [0, 0.05) is 125 Å². The number of pyridine rings is 1. The number of rotatable bonds is 21. The lowest BCUT2D eigenvalue weighted by Gasteiger charge is -2.43. The van der Waals surface area contributed by atoms with Crippen molar-refractivity contribution >= 4 is 69.2 Å². The van der Waals surface area contributed by atoms with Crippen LogP contribution in [0.2, 0.25) is 0 Å². The van der Waals surface area contributed by atoms with E-state index < -0.39 is 65.6 Å². The Morgan fingerprint density at radius 1 is 0.837 bits per heavy atom. The summed E-state index contributed by atoms with van der Waals surface area (Å²) in [6.07, 6.45) is 1.27. The Balaban J connectivity index is 0.561. The van der Waals surface area contributed by atoms with Gasteiger partial charge in [0.15, 0.2) is 5.67 Å². The molecule has 13 rings (SSSR count). The van der Waals surface area contributed by atoms with E-state index in [1.165, 1.54) is 40.8 Å². The number of aromatic nitrogens is 5. The molecule has 7 N–H and O–H groups in total. The number of aryl methyl sites for hydroxylation is 2. The number of likely N-dealkylation sites (tertiary alicyclic amines) is 2. The second kappa shape index (κ2) is 30.4. The fraction of sp³-hybridized carbons (Fsp3) is 0.416.